The zero-order valence-corrected chi connectivity index (χ0v) is 13.5. The molecule has 1 heterocycles. The van der Waals surface area contributed by atoms with Crippen LogP contribution in [0.5, 0.6) is 0 Å². The molecule has 1 aromatic rings. The van der Waals surface area contributed by atoms with Crippen molar-refractivity contribution in [3.8, 4) is 0 Å². The maximum Gasteiger partial charge on any atom is 0.238 e. The number of sulfonamides is 1. The van der Waals surface area contributed by atoms with Gasteiger partial charge in [0, 0.05) is 18.7 Å². The second-order valence-corrected chi connectivity index (χ2v) is 7.31. The van der Waals surface area contributed by atoms with Gasteiger partial charge in [-0.15, -0.1) is 0 Å². The van der Waals surface area contributed by atoms with Crippen LogP contribution in [0, 0.1) is 5.92 Å². The first-order valence-electron chi connectivity index (χ1n) is 7.21. The highest BCUT2D eigenvalue weighted by molar-refractivity contribution is 7.89. The zero-order chi connectivity index (χ0) is 16.3. The average molecular weight is 324 g/mol. The number of anilines is 1. The van der Waals surface area contributed by atoms with E-state index in [1.54, 1.807) is 0 Å². The third kappa shape index (κ3) is 4.07. The SMILES string of the molecule is CCCc1ccc(N2CC(C(=O)NS(C)(=O)=O)CC2=O)cc1. The van der Waals surface area contributed by atoms with Gasteiger partial charge in [0.25, 0.3) is 0 Å². The normalized spacial score (nSPS) is 18.5. The first kappa shape index (κ1) is 16.5. The van der Waals surface area contributed by atoms with Crippen molar-refractivity contribution in [3.05, 3.63) is 29.8 Å². The zero-order valence-electron chi connectivity index (χ0n) is 12.7. The lowest BCUT2D eigenvalue weighted by Crippen LogP contribution is -2.36. The van der Waals surface area contributed by atoms with E-state index in [1.165, 1.54) is 10.5 Å². The summed E-state index contributed by atoms with van der Waals surface area (Å²) in [5, 5.41) is 0. The first-order chi connectivity index (χ1) is 10.3. The summed E-state index contributed by atoms with van der Waals surface area (Å²) in [6, 6.07) is 7.66. The Balaban J connectivity index is 2.07. The summed E-state index contributed by atoms with van der Waals surface area (Å²) >= 11 is 0. The number of hydrogen-bond acceptors (Lipinski definition) is 4. The third-order valence-electron chi connectivity index (χ3n) is 3.57. The van der Waals surface area contributed by atoms with Crippen LogP contribution in [0.1, 0.15) is 25.3 Å². The molecule has 2 rings (SSSR count). The number of nitrogens with one attached hydrogen (secondary N) is 1. The van der Waals surface area contributed by atoms with E-state index in [1.807, 2.05) is 29.0 Å². The molecule has 1 aliphatic rings. The van der Waals surface area contributed by atoms with Crippen molar-refractivity contribution in [1.29, 1.82) is 0 Å². The number of hydrogen-bond donors (Lipinski definition) is 1. The van der Waals surface area contributed by atoms with Crippen LogP contribution < -0.4 is 9.62 Å². The Hall–Kier alpha value is -1.89. The van der Waals surface area contributed by atoms with Gasteiger partial charge >= 0.3 is 0 Å². The van der Waals surface area contributed by atoms with Crippen molar-refractivity contribution >= 4 is 27.5 Å². The number of carbonyl (C=O) groups excluding carboxylic acids is 2. The minimum Gasteiger partial charge on any atom is -0.312 e. The molecule has 22 heavy (non-hydrogen) atoms. The topological polar surface area (TPSA) is 83.6 Å². The van der Waals surface area contributed by atoms with E-state index in [0.29, 0.717) is 0 Å². The van der Waals surface area contributed by atoms with E-state index >= 15 is 0 Å². The van der Waals surface area contributed by atoms with Crippen LogP contribution in [-0.4, -0.2) is 33.0 Å². The van der Waals surface area contributed by atoms with Gasteiger partial charge in [0.1, 0.15) is 0 Å². The molecule has 6 nitrogen and oxygen atoms in total. The minimum absolute atomic E-state index is 0.0259. The Bertz CT molecular complexity index is 667. The molecular formula is C15H20N2O4S. The van der Waals surface area contributed by atoms with Gasteiger partial charge in [-0.25, -0.2) is 8.42 Å². The summed E-state index contributed by atoms with van der Waals surface area (Å²) in [6.07, 6.45) is 2.98. The highest BCUT2D eigenvalue weighted by Crippen LogP contribution is 2.25. The van der Waals surface area contributed by atoms with Gasteiger partial charge in [-0.3, -0.25) is 14.3 Å². The van der Waals surface area contributed by atoms with Gasteiger partial charge in [0.2, 0.25) is 21.8 Å². The largest absolute Gasteiger partial charge is 0.312 e. The molecule has 7 heteroatoms. The molecule has 0 bridgehead atoms. The summed E-state index contributed by atoms with van der Waals surface area (Å²) in [5.74, 6) is -1.43. The van der Waals surface area contributed by atoms with Crippen molar-refractivity contribution in [1.82, 2.24) is 4.72 Å². The highest BCUT2D eigenvalue weighted by atomic mass is 32.2. The Morgan fingerprint density at radius 3 is 2.50 bits per heavy atom. The molecule has 0 aromatic heterocycles. The molecule has 1 aliphatic heterocycles. The van der Waals surface area contributed by atoms with Crippen molar-refractivity contribution in [2.24, 2.45) is 5.92 Å². The van der Waals surface area contributed by atoms with E-state index in [4.69, 9.17) is 0 Å². The summed E-state index contributed by atoms with van der Waals surface area (Å²) in [4.78, 5) is 25.4. The Kier molecular flexibility index (Phi) is 4.85. The number of rotatable bonds is 5. The maximum absolute atomic E-state index is 12.1. The summed E-state index contributed by atoms with van der Waals surface area (Å²) < 4.78 is 24.1. The van der Waals surface area contributed by atoms with Crippen LogP contribution in [0.4, 0.5) is 5.69 Å². The van der Waals surface area contributed by atoms with Gasteiger partial charge in [-0.1, -0.05) is 25.5 Å². The fourth-order valence-electron chi connectivity index (χ4n) is 2.53. The lowest BCUT2D eigenvalue weighted by molar-refractivity contribution is -0.124. The molecule has 120 valence electrons. The highest BCUT2D eigenvalue weighted by Gasteiger charge is 2.35. The first-order valence-corrected chi connectivity index (χ1v) is 9.10. The Morgan fingerprint density at radius 1 is 1.32 bits per heavy atom. The van der Waals surface area contributed by atoms with Gasteiger partial charge in [-0.05, 0) is 24.1 Å². The van der Waals surface area contributed by atoms with Crippen molar-refractivity contribution in [2.45, 2.75) is 26.2 Å². The van der Waals surface area contributed by atoms with Crippen molar-refractivity contribution in [3.63, 3.8) is 0 Å². The quantitative estimate of drug-likeness (QED) is 0.878. The number of nitrogens with zero attached hydrogens (tertiary/aromatic N) is 1. The van der Waals surface area contributed by atoms with Crippen LogP contribution in [0.15, 0.2) is 24.3 Å². The maximum atomic E-state index is 12.1. The van der Waals surface area contributed by atoms with E-state index in [0.717, 1.165) is 24.8 Å². The molecule has 2 amide bonds. The average Bonchev–Trinajstić information content (AvgIpc) is 2.80. The summed E-state index contributed by atoms with van der Waals surface area (Å²) in [7, 11) is -3.60. The summed E-state index contributed by atoms with van der Waals surface area (Å²) in [6.45, 7) is 2.30. The third-order valence-corrected chi connectivity index (χ3v) is 4.14. The molecule has 1 aromatic carbocycles. The van der Waals surface area contributed by atoms with E-state index in [2.05, 4.69) is 6.92 Å². The molecule has 1 atom stereocenters. The molecule has 1 fully saturated rings. The van der Waals surface area contributed by atoms with Crippen LogP contribution in [0.2, 0.25) is 0 Å². The molecular weight excluding hydrogens is 304 g/mol. The van der Waals surface area contributed by atoms with Crippen LogP contribution in [0.3, 0.4) is 0 Å². The molecule has 1 saturated heterocycles. The number of benzene rings is 1. The Labute approximate surface area is 130 Å². The monoisotopic (exact) mass is 324 g/mol. The summed E-state index contributed by atoms with van der Waals surface area (Å²) in [5.41, 5.74) is 1.93. The lowest BCUT2D eigenvalue weighted by Gasteiger charge is -2.17. The fraction of sp³-hybridized carbons (Fsp3) is 0.467. The second-order valence-electron chi connectivity index (χ2n) is 5.56. The van der Waals surface area contributed by atoms with Crippen molar-refractivity contribution in [2.75, 3.05) is 17.7 Å². The molecule has 0 aliphatic carbocycles. The lowest BCUT2D eigenvalue weighted by atomic mass is 10.1. The van der Waals surface area contributed by atoms with E-state index < -0.39 is 21.8 Å². The molecule has 0 saturated carbocycles. The molecule has 0 spiro atoms. The smallest absolute Gasteiger partial charge is 0.238 e. The van der Waals surface area contributed by atoms with E-state index in [9.17, 15) is 18.0 Å². The molecule has 0 radical (unpaired) electrons. The van der Waals surface area contributed by atoms with Gasteiger partial charge in [0.05, 0.1) is 12.2 Å². The Morgan fingerprint density at radius 2 is 1.95 bits per heavy atom. The van der Waals surface area contributed by atoms with Crippen LogP contribution in [0.25, 0.3) is 0 Å². The fourth-order valence-corrected chi connectivity index (χ4v) is 3.06. The molecule has 1 unspecified atom stereocenters. The van der Waals surface area contributed by atoms with Crippen molar-refractivity contribution < 1.29 is 18.0 Å². The van der Waals surface area contributed by atoms with Gasteiger partial charge in [-0.2, -0.15) is 0 Å². The van der Waals surface area contributed by atoms with Crippen LogP contribution >= 0.6 is 0 Å². The standard InChI is InChI=1S/C15H20N2O4S/c1-3-4-11-5-7-13(8-6-11)17-10-12(9-14(17)18)15(19)16-22(2,20)21/h5-8,12H,3-4,9-10H2,1-2H3,(H,16,19). The number of aryl methyl sites for hydroxylation is 1. The van der Waals surface area contributed by atoms with Gasteiger partial charge in [0.15, 0.2) is 0 Å². The number of amides is 2. The van der Waals surface area contributed by atoms with Crippen LogP contribution in [-0.2, 0) is 26.0 Å². The second kappa shape index (κ2) is 6.48. The van der Waals surface area contributed by atoms with Gasteiger partial charge < -0.3 is 4.90 Å². The predicted octanol–water partition coefficient (Wildman–Crippen LogP) is 1.07. The molecule has 1 N–H and O–H groups in total. The van der Waals surface area contributed by atoms with E-state index in [-0.39, 0.29) is 18.9 Å². The minimum atomic E-state index is -3.60. The number of carbonyl (C=O) groups is 2. The predicted molar refractivity (Wildman–Crippen MR) is 83.9 cm³/mol.